The summed E-state index contributed by atoms with van der Waals surface area (Å²) in [6, 6.07) is 2.33. The van der Waals surface area contributed by atoms with Gasteiger partial charge in [0.05, 0.1) is 0 Å². The van der Waals surface area contributed by atoms with Crippen molar-refractivity contribution < 1.29 is 4.79 Å². The molecule has 0 atom stereocenters. The summed E-state index contributed by atoms with van der Waals surface area (Å²) in [5, 5.41) is 9.26. The Morgan fingerprint density at radius 2 is 2.10 bits per heavy atom. The lowest BCUT2D eigenvalue weighted by atomic mass is 10.3. The van der Waals surface area contributed by atoms with E-state index in [2.05, 4.69) is 25.9 Å². The molecule has 110 valence electrons. The fraction of sp³-hybridized carbons (Fsp3) is 0.643. The number of anilines is 2. The fourth-order valence-corrected chi connectivity index (χ4v) is 1.87. The molecule has 20 heavy (non-hydrogen) atoms. The molecule has 1 aromatic rings. The van der Waals surface area contributed by atoms with Gasteiger partial charge >= 0.3 is 0 Å². The predicted molar refractivity (Wildman–Crippen MR) is 79.8 cm³/mol. The Morgan fingerprint density at radius 3 is 2.75 bits per heavy atom. The van der Waals surface area contributed by atoms with Gasteiger partial charge < -0.3 is 16.0 Å². The zero-order valence-corrected chi connectivity index (χ0v) is 12.2. The van der Waals surface area contributed by atoms with Crippen LogP contribution in [-0.4, -0.2) is 35.5 Å². The fourth-order valence-electron chi connectivity index (χ4n) is 1.87. The van der Waals surface area contributed by atoms with E-state index in [-0.39, 0.29) is 5.91 Å². The van der Waals surface area contributed by atoms with Crippen molar-refractivity contribution in [3.8, 4) is 0 Å². The second-order valence-corrected chi connectivity index (χ2v) is 5.03. The predicted octanol–water partition coefficient (Wildman–Crippen LogP) is 1.55. The Bertz CT molecular complexity index is 437. The van der Waals surface area contributed by atoms with Crippen LogP contribution in [0.4, 0.5) is 11.6 Å². The minimum Gasteiger partial charge on any atom is -0.373 e. The van der Waals surface area contributed by atoms with Crippen LogP contribution in [-0.2, 0) is 11.2 Å². The van der Waals surface area contributed by atoms with Crippen molar-refractivity contribution in [1.29, 1.82) is 0 Å². The molecule has 0 aliphatic heterocycles. The Labute approximate surface area is 119 Å². The molecule has 1 saturated carbocycles. The van der Waals surface area contributed by atoms with Crippen LogP contribution >= 0.6 is 0 Å². The van der Waals surface area contributed by atoms with Crippen LogP contribution in [0.1, 0.15) is 38.4 Å². The molecule has 6 heteroatoms. The van der Waals surface area contributed by atoms with Gasteiger partial charge in [-0.2, -0.15) is 0 Å². The van der Waals surface area contributed by atoms with E-state index in [0.29, 0.717) is 12.5 Å². The number of hydrogen-bond acceptors (Lipinski definition) is 5. The van der Waals surface area contributed by atoms with Crippen LogP contribution in [0.5, 0.6) is 0 Å². The number of carbonyl (C=O) groups is 1. The lowest BCUT2D eigenvalue weighted by molar-refractivity contribution is -0.121. The summed E-state index contributed by atoms with van der Waals surface area (Å²) in [7, 11) is 1.84. The van der Waals surface area contributed by atoms with Crippen molar-refractivity contribution in [2.24, 2.45) is 0 Å². The van der Waals surface area contributed by atoms with Crippen LogP contribution in [0.2, 0.25) is 0 Å². The highest BCUT2D eigenvalue weighted by atomic mass is 16.1. The normalized spacial score (nSPS) is 13.9. The highest BCUT2D eigenvalue weighted by Gasteiger charge is 2.22. The first-order valence-corrected chi connectivity index (χ1v) is 7.30. The quantitative estimate of drug-likeness (QED) is 0.628. The molecule has 0 aromatic carbocycles. The van der Waals surface area contributed by atoms with E-state index < -0.39 is 0 Å². The maximum atomic E-state index is 11.5. The van der Waals surface area contributed by atoms with E-state index in [4.69, 9.17) is 0 Å². The summed E-state index contributed by atoms with van der Waals surface area (Å²) in [5.74, 6) is 2.59. The Kier molecular flexibility index (Phi) is 5.15. The molecule has 0 radical (unpaired) electrons. The molecule has 1 aliphatic carbocycles. The molecule has 6 nitrogen and oxygen atoms in total. The van der Waals surface area contributed by atoms with Crippen molar-refractivity contribution in [3.63, 3.8) is 0 Å². The van der Waals surface area contributed by atoms with Crippen LogP contribution < -0.4 is 16.0 Å². The number of amides is 1. The van der Waals surface area contributed by atoms with Gasteiger partial charge in [-0.3, -0.25) is 4.79 Å². The second kappa shape index (κ2) is 7.07. The van der Waals surface area contributed by atoms with Gasteiger partial charge in [0.1, 0.15) is 17.5 Å². The maximum absolute atomic E-state index is 11.5. The van der Waals surface area contributed by atoms with E-state index in [0.717, 1.165) is 49.7 Å². The zero-order valence-electron chi connectivity index (χ0n) is 12.2. The molecule has 1 aliphatic rings. The summed E-state index contributed by atoms with van der Waals surface area (Å²) in [6.45, 7) is 2.77. The van der Waals surface area contributed by atoms with Gasteiger partial charge in [0.15, 0.2) is 0 Å². The molecule has 1 fully saturated rings. The number of rotatable bonds is 8. The third-order valence-corrected chi connectivity index (χ3v) is 3.17. The summed E-state index contributed by atoms with van der Waals surface area (Å²) >= 11 is 0. The van der Waals surface area contributed by atoms with Gasteiger partial charge in [-0.05, 0) is 19.3 Å². The van der Waals surface area contributed by atoms with Crippen molar-refractivity contribution in [3.05, 3.63) is 11.9 Å². The summed E-state index contributed by atoms with van der Waals surface area (Å²) in [4.78, 5) is 20.3. The van der Waals surface area contributed by atoms with Crippen LogP contribution in [0.25, 0.3) is 0 Å². The lowest BCUT2D eigenvalue weighted by Gasteiger charge is -2.09. The van der Waals surface area contributed by atoms with Gasteiger partial charge in [0, 0.05) is 38.5 Å². The Balaban J connectivity index is 1.73. The van der Waals surface area contributed by atoms with E-state index in [9.17, 15) is 4.79 Å². The molecule has 1 aromatic heterocycles. The van der Waals surface area contributed by atoms with Gasteiger partial charge in [-0.15, -0.1) is 0 Å². The standard InChI is InChI=1S/C14H23N5O/c1-3-11-18-12(15-2)9-13(19-11)16-8-4-5-14(20)17-10-6-7-10/h9-10H,3-8H2,1-2H3,(H,17,20)(H2,15,16,18,19). The van der Waals surface area contributed by atoms with Crippen molar-refractivity contribution in [1.82, 2.24) is 15.3 Å². The molecule has 0 bridgehead atoms. The minimum atomic E-state index is 0.155. The third-order valence-electron chi connectivity index (χ3n) is 3.17. The third kappa shape index (κ3) is 4.68. The lowest BCUT2D eigenvalue weighted by Crippen LogP contribution is -2.25. The summed E-state index contributed by atoms with van der Waals surface area (Å²) in [5.41, 5.74) is 0. The molecule has 1 heterocycles. The van der Waals surface area contributed by atoms with Crippen LogP contribution in [0.3, 0.4) is 0 Å². The largest absolute Gasteiger partial charge is 0.373 e. The monoisotopic (exact) mass is 277 g/mol. The van der Waals surface area contributed by atoms with E-state index in [1.165, 1.54) is 0 Å². The molecule has 3 N–H and O–H groups in total. The van der Waals surface area contributed by atoms with Crippen LogP contribution in [0.15, 0.2) is 6.07 Å². The Morgan fingerprint density at radius 1 is 1.35 bits per heavy atom. The first kappa shape index (κ1) is 14.6. The smallest absolute Gasteiger partial charge is 0.220 e. The van der Waals surface area contributed by atoms with E-state index >= 15 is 0 Å². The molecule has 0 unspecified atom stereocenters. The maximum Gasteiger partial charge on any atom is 0.220 e. The highest BCUT2D eigenvalue weighted by Crippen LogP contribution is 2.18. The highest BCUT2D eigenvalue weighted by molar-refractivity contribution is 5.76. The van der Waals surface area contributed by atoms with Crippen molar-refractivity contribution in [2.75, 3.05) is 24.2 Å². The average Bonchev–Trinajstić information content (AvgIpc) is 3.27. The summed E-state index contributed by atoms with van der Waals surface area (Å²) in [6.07, 6.45) is 4.44. The molecular weight excluding hydrogens is 254 g/mol. The minimum absolute atomic E-state index is 0.155. The SMILES string of the molecule is CCc1nc(NC)cc(NCCCC(=O)NC2CC2)n1. The van der Waals surface area contributed by atoms with E-state index in [1.807, 2.05) is 20.0 Å². The van der Waals surface area contributed by atoms with Crippen molar-refractivity contribution >= 4 is 17.5 Å². The van der Waals surface area contributed by atoms with E-state index in [1.54, 1.807) is 0 Å². The summed E-state index contributed by atoms with van der Waals surface area (Å²) < 4.78 is 0. The zero-order chi connectivity index (χ0) is 14.4. The first-order valence-electron chi connectivity index (χ1n) is 7.30. The number of nitrogens with one attached hydrogen (secondary N) is 3. The molecule has 1 amide bonds. The molecule has 0 spiro atoms. The first-order chi connectivity index (χ1) is 9.71. The van der Waals surface area contributed by atoms with Crippen molar-refractivity contribution in [2.45, 2.75) is 45.1 Å². The molecular formula is C14H23N5O. The van der Waals surface area contributed by atoms with Gasteiger partial charge in [0.2, 0.25) is 5.91 Å². The topological polar surface area (TPSA) is 78.9 Å². The van der Waals surface area contributed by atoms with Gasteiger partial charge in [0.25, 0.3) is 0 Å². The number of hydrogen-bond donors (Lipinski definition) is 3. The number of nitrogens with zero attached hydrogens (tertiary/aromatic N) is 2. The number of aromatic nitrogens is 2. The number of aryl methyl sites for hydroxylation is 1. The second-order valence-electron chi connectivity index (χ2n) is 5.03. The Hall–Kier alpha value is -1.85. The molecule has 2 rings (SSSR count). The number of carbonyl (C=O) groups excluding carboxylic acids is 1. The van der Waals surface area contributed by atoms with Crippen LogP contribution in [0, 0.1) is 0 Å². The molecule has 0 saturated heterocycles. The van der Waals surface area contributed by atoms with Gasteiger partial charge in [-0.25, -0.2) is 9.97 Å². The average molecular weight is 277 g/mol. The van der Waals surface area contributed by atoms with Gasteiger partial charge in [-0.1, -0.05) is 6.92 Å².